The van der Waals surface area contributed by atoms with Crippen LogP contribution < -0.4 is 4.72 Å². The van der Waals surface area contributed by atoms with Gasteiger partial charge in [0.05, 0.1) is 11.0 Å². The van der Waals surface area contributed by atoms with E-state index in [1.54, 1.807) is 13.8 Å². The zero-order valence-electron chi connectivity index (χ0n) is 8.65. The van der Waals surface area contributed by atoms with E-state index in [0.717, 1.165) is 6.26 Å². The van der Waals surface area contributed by atoms with E-state index < -0.39 is 25.1 Å². The Kier molecular flexibility index (Phi) is 5.03. The van der Waals surface area contributed by atoms with Crippen molar-refractivity contribution in [3.63, 3.8) is 0 Å². The largest absolute Gasteiger partial charge is 0.229 e. The van der Waals surface area contributed by atoms with Crippen LogP contribution in [0.15, 0.2) is 0 Å². The van der Waals surface area contributed by atoms with Gasteiger partial charge in [0.25, 0.3) is 0 Å². The molecule has 0 spiro atoms. The van der Waals surface area contributed by atoms with Gasteiger partial charge in [0, 0.05) is 12.8 Å². The highest BCUT2D eigenvalue weighted by molar-refractivity contribution is 7.90. The van der Waals surface area contributed by atoms with E-state index in [0.29, 0.717) is 6.42 Å². The summed E-state index contributed by atoms with van der Waals surface area (Å²) < 4.78 is 46.2. The van der Waals surface area contributed by atoms with E-state index in [1.807, 2.05) is 0 Å². The molecule has 86 valence electrons. The van der Waals surface area contributed by atoms with Crippen molar-refractivity contribution in [3.8, 4) is 0 Å². The molecule has 14 heavy (non-hydrogen) atoms. The normalized spacial score (nSPS) is 13.4. The minimum absolute atomic E-state index is 0.00755. The predicted octanol–water partition coefficient (Wildman–Crippen LogP) is -0.251. The van der Waals surface area contributed by atoms with Crippen LogP contribution in [0.25, 0.3) is 0 Å². The lowest BCUT2D eigenvalue weighted by Crippen LogP contribution is -2.32. The van der Waals surface area contributed by atoms with Gasteiger partial charge in [-0.1, -0.05) is 0 Å². The number of sulfone groups is 1. The van der Waals surface area contributed by atoms with Gasteiger partial charge in [-0.3, -0.25) is 0 Å². The molecule has 0 aromatic rings. The van der Waals surface area contributed by atoms with Crippen LogP contribution in [0.1, 0.15) is 20.3 Å². The molecule has 0 aliphatic carbocycles. The summed E-state index contributed by atoms with van der Waals surface area (Å²) in [6.07, 6.45) is 1.44. The zero-order chi connectivity index (χ0) is 11.4. The van der Waals surface area contributed by atoms with Crippen molar-refractivity contribution >= 4 is 19.9 Å². The zero-order valence-corrected chi connectivity index (χ0v) is 10.3. The minimum Gasteiger partial charge on any atom is -0.229 e. The van der Waals surface area contributed by atoms with Crippen LogP contribution in [0.2, 0.25) is 0 Å². The maximum absolute atomic E-state index is 11.2. The second kappa shape index (κ2) is 5.09. The molecule has 0 bridgehead atoms. The lowest BCUT2D eigenvalue weighted by molar-refractivity contribution is 0.569. The molecule has 0 saturated heterocycles. The molecule has 0 heterocycles. The van der Waals surface area contributed by atoms with E-state index in [2.05, 4.69) is 4.72 Å². The van der Waals surface area contributed by atoms with E-state index in [1.165, 1.54) is 0 Å². The first kappa shape index (κ1) is 13.9. The Bertz CT molecular complexity index is 355. The molecule has 0 fully saturated rings. The van der Waals surface area contributed by atoms with Crippen LogP contribution in [0, 0.1) is 0 Å². The molecule has 5 nitrogen and oxygen atoms in total. The minimum atomic E-state index is -3.26. The molecule has 0 aromatic carbocycles. The van der Waals surface area contributed by atoms with Gasteiger partial charge in [0.15, 0.2) is 0 Å². The Labute approximate surface area is 85.9 Å². The average Bonchev–Trinajstić information content (AvgIpc) is 1.96. The van der Waals surface area contributed by atoms with E-state index >= 15 is 0 Å². The summed E-state index contributed by atoms with van der Waals surface area (Å²) in [6.45, 7) is 3.31. The SMILES string of the molecule is CC(C)S(=O)(=O)NCCCS(C)(=O)=O. The number of sulfonamides is 1. The fourth-order valence-corrected chi connectivity index (χ4v) is 2.15. The van der Waals surface area contributed by atoms with E-state index in [-0.39, 0.29) is 12.3 Å². The number of hydrogen-bond donors (Lipinski definition) is 1. The Hall–Kier alpha value is -0.140. The summed E-state index contributed by atoms with van der Waals surface area (Å²) in [5, 5.41) is -0.485. The highest BCUT2D eigenvalue weighted by Crippen LogP contribution is 1.96. The van der Waals surface area contributed by atoms with E-state index in [4.69, 9.17) is 0 Å². The van der Waals surface area contributed by atoms with Gasteiger partial charge in [0.2, 0.25) is 10.0 Å². The van der Waals surface area contributed by atoms with Crippen LogP contribution >= 0.6 is 0 Å². The first-order valence-corrected chi connectivity index (χ1v) is 7.92. The third kappa shape index (κ3) is 6.33. The molecule has 0 aliphatic heterocycles. The fraction of sp³-hybridized carbons (Fsp3) is 1.00. The molecular weight excluding hydrogens is 226 g/mol. The highest BCUT2D eigenvalue weighted by atomic mass is 32.2. The molecule has 0 amide bonds. The summed E-state index contributed by atoms with van der Waals surface area (Å²) in [7, 11) is -6.26. The summed E-state index contributed by atoms with van der Waals surface area (Å²) in [5.74, 6) is 0.00755. The Morgan fingerprint density at radius 3 is 2.00 bits per heavy atom. The van der Waals surface area contributed by atoms with Crippen LogP contribution in [-0.2, 0) is 19.9 Å². The van der Waals surface area contributed by atoms with Gasteiger partial charge in [-0.25, -0.2) is 21.6 Å². The van der Waals surface area contributed by atoms with Crippen molar-refractivity contribution in [2.45, 2.75) is 25.5 Å². The van der Waals surface area contributed by atoms with Crippen molar-refractivity contribution in [1.29, 1.82) is 0 Å². The Morgan fingerprint density at radius 2 is 1.64 bits per heavy atom. The van der Waals surface area contributed by atoms with Crippen LogP contribution in [0.3, 0.4) is 0 Å². The summed E-state index contributed by atoms with van der Waals surface area (Å²) in [6, 6.07) is 0. The third-order valence-corrected chi connectivity index (χ3v) is 4.49. The molecule has 1 N–H and O–H groups in total. The smallest absolute Gasteiger partial charge is 0.213 e. The van der Waals surface area contributed by atoms with Crippen molar-refractivity contribution in [3.05, 3.63) is 0 Å². The average molecular weight is 243 g/mol. The van der Waals surface area contributed by atoms with Crippen molar-refractivity contribution in [2.24, 2.45) is 0 Å². The molecule has 0 aliphatic rings. The van der Waals surface area contributed by atoms with Gasteiger partial charge in [-0.2, -0.15) is 0 Å². The Balaban J connectivity index is 3.88. The van der Waals surface area contributed by atoms with Gasteiger partial charge >= 0.3 is 0 Å². The maximum Gasteiger partial charge on any atom is 0.213 e. The van der Waals surface area contributed by atoms with Gasteiger partial charge in [0.1, 0.15) is 9.84 Å². The van der Waals surface area contributed by atoms with Crippen LogP contribution in [-0.4, -0.2) is 40.6 Å². The molecule has 0 saturated carbocycles. The highest BCUT2D eigenvalue weighted by Gasteiger charge is 2.14. The number of hydrogen-bond acceptors (Lipinski definition) is 4. The van der Waals surface area contributed by atoms with Gasteiger partial charge in [-0.05, 0) is 20.3 Å². The first-order valence-electron chi connectivity index (χ1n) is 4.31. The lowest BCUT2D eigenvalue weighted by atomic mass is 10.5. The van der Waals surface area contributed by atoms with E-state index in [9.17, 15) is 16.8 Å². The fourth-order valence-electron chi connectivity index (χ4n) is 0.715. The third-order valence-electron chi connectivity index (χ3n) is 1.62. The van der Waals surface area contributed by atoms with Crippen LogP contribution in [0.4, 0.5) is 0 Å². The molecule has 0 aromatic heterocycles. The monoisotopic (exact) mass is 243 g/mol. The van der Waals surface area contributed by atoms with Crippen LogP contribution in [0.5, 0.6) is 0 Å². The number of rotatable bonds is 6. The van der Waals surface area contributed by atoms with Gasteiger partial charge < -0.3 is 0 Å². The quantitative estimate of drug-likeness (QED) is 0.652. The molecule has 0 radical (unpaired) electrons. The second-order valence-electron chi connectivity index (χ2n) is 3.47. The lowest BCUT2D eigenvalue weighted by Gasteiger charge is -2.08. The molecular formula is C7H17NO4S2. The molecule has 0 unspecified atom stereocenters. The standard InChI is InChI=1S/C7H17NO4S2/c1-7(2)14(11,12)8-5-4-6-13(3,9)10/h7-8H,4-6H2,1-3H3. The predicted molar refractivity (Wildman–Crippen MR) is 56.4 cm³/mol. The summed E-state index contributed by atoms with van der Waals surface area (Å²) >= 11 is 0. The van der Waals surface area contributed by atoms with Crippen molar-refractivity contribution in [2.75, 3.05) is 18.6 Å². The summed E-state index contributed by atoms with van der Waals surface area (Å²) in [4.78, 5) is 0. The first-order chi connectivity index (χ1) is 6.15. The molecule has 0 rings (SSSR count). The van der Waals surface area contributed by atoms with Crippen molar-refractivity contribution < 1.29 is 16.8 Å². The second-order valence-corrected chi connectivity index (χ2v) is 8.05. The Morgan fingerprint density at radius 1 is 1.14 bits per heavy atom. The maximum atomic E-state index is 11.2. The molecule has 7 heteroatoms. The number of nitrogens with one attached hydrogen (secondary N) is 1. The van der Waals surface area contributed by atoms with Gasteiger partial charge in [-0.15, -0.1) is 0 Å². The summed E-state index contributed by atoms with van der Waals surface area (Å²) in [5.41, 5.74) is 0. The molecule has 0 atom stereocenters. The topological polar surface area (TPSA) is 80.3 Å². The van der Waals surface area contributed by atoms with Crippen molar-refractivity contribution in [1.82, 2.24) is 4.72 Å².